The zero-order valence-electron chi connectivity index (χ0n) is 32.4. The van der Waals surface area contributed by atoms with Crippen LogP contribution >= 0.6 is 0 Å². The molecule has 0 amide bonds. The molecule has 0 radical (unpaired) electrons. The van der Waals surface area contributed by atoms with Gasteiger partial charge in [0, 0.05) is 52.1 Å². The number of fused-ring (bicyclic) bond motifs is 9. The number of benzene rings is 4. The highest BCUT2D eigenvalue weighted by Crippen LogP contribution is 2.68. The summed E-state index contributed by atoms with van der Waals surface area (Å²) < 4.78 is 0. The van der Waals surface area contributed by atoms with Crippen LogP contribution in [0.15, 0.2) is 199 Å². The summed E-state index contributed by atoms with van der Waals surface area (Å²) in [5, 5.41) is 0. The average Bonchev–Trinajstić information content (AvgIpc) is 3.87. The number of para-hydroxylation sites is 1. The van der Waals surface area contributed by atoms with Crippen LogP contribution in [0.1, 0.15) is 96.1 Å². The molecule has 0 bridgehead atoms. The van der Waals surface area contributed by atoms with Crippen molar-refractivity contribution in [3.8, 4) is 0 Å². The van der Waals surface area contributed by atoms with Gasteiger partial charge in [0.1, 0.15) is 0 Å². The van der Waals surface area contributed by atoms with E-state index < -0.39 is 0 Å². The third kappa shape index (κ3) is 4.67. The first-order valence-electron chi connectivity index (χ1n) is 20.9. The SMILES string of the molecule is C=CC(=C)c1cccc(N2C3=CC(C4c5ccccc5C5C=CCCC54)=C(C4(C5=C(C)C=CCC5)c5ccccc5C5C=CC=CC54)CC3c3ccccc32)c1. The van der Waals surface area contributed by atoms with Crippen LogP contribution in [0.2, 0.25) is 0 Å². The summed E-state index contributed by atoms with van der Waals surface area (Å²) in [5.41, 5.74) is 19.6. The summed E-state index contributed by atoms with van der Waals surface area (Å²) in [4.78, 5) is 2.59. The summed E-state index contributed by atoms with van der Waals surface area (Å²) in [6, 6.07) is 37.2. The molecule has 1 aliphatic heterocycles. The Bertz CT molecular complexity index is 2560. The van der Waals surface area contributed by atoms with E-state index in [2.05, 4.69) is 177 Å². The van der Waals surface area contributed by atoms with E-state index in [0.717, 1.165) is 36.8 Å². The Kier molecular flexibility index (Phi) is 7.79. The van der Waals surface area contributed by atoms with Crippen LogP contribution in [-0.4, -0.2) is 0 Å². The lowest BCUT2D eigenvalue weighted by Crippen LogP contribution is -2.40. The zero-order valence-corrected chi connectivity index (χ0v) is 32.4. The fraction of sp³-hybridized carbons (Fsp3) is 0.236. The number of nitrogens with zero attached hydrogens (tertiary/aromatic N) is 1. The van der Waals surface area contributed by atoms with Gasteiger partial charge < -0.3 is 4.90 Å². The van der Waals surface area contributed by atoms with Gasteiger partial charge in [0.05, 0.1) is 0 Å². The smallest absolute Gasteiger partial charge is 0.0497 e. The van der Waals surface area contributed by atoms with Gasteiger partial charge in [-0.25, -0.2) is 0 Å². The molecule has 0 aromatic heterocycles. The van der Waals surface area contributed by atoms with E-state index in [-0.39, 0.29) is 11.3 Å². The molecular formula is C55H49N. The maximum absolute atomic E-state index is 4.34. The number of hydrogen-bond acceptors (Lipinski definition) is 1. The van der Waals surface area contributed by atoms with Crippen molar-refractivity contribution in [3.63, 3.8) is 0 Å². The van der Waals surface area contributed by atoms with Crippen LogP contribution in [0, 0.1) is 11.8 Å². The first kappa shape index (κ1) is 33.7. The topological polar surface area (TPSA) is 3.24 Å². The van der Waals surface area contributed by atoms with Crippen LogP contribution < -0.4 is 4.90 Å². The van der Waals surface area contributed by atoms with Crippen LogP contribution in [0.4, 0.5) is 11.4 Å². The van der Waals surface area contributed by atoms with Gasteiger partial charge in [0.15, 0.2) is 0 Å². The van der Waals surface area contributed by atoms with Crippen molar-refractivity contribution in [1.82, 2.24) is 0 Å². The van der Waals surface area contributed by atoms with Gasteiger partial charge in [-0.2, -0.15) is 0 Å². The Morgan fingerprint density at radius 3 is 2.41 bits per heavy atom. The first-order chi connectivity index (χ1) is 27.6. The van der Waals surface area contributed by atoms with Gasteiger partial charge in [0.2, 0.25) is 0 Å². The predicted molar refractivity (Wildman–Crippen MR) is 234 cm³/mol. The highest BCUT2D eigenvalue weighted by Gasteiger charge is 2.58. The Hall–Kier alpha value is -5.66. The van der Waals surface area contributed by atoms with Crippen LogP contribution in [-0.2, 0) is 5.41 Å². The third-order valence-corrected chi connectivity index (χ3v) is 14.6. The molecule has 7 atom stereocenters. The number of rotatable bonds is 6. The second-order valence-corrected chi connectivity index (χ2v) is 17.1. The maximum Gasteiger partial charge on any atom is 0.0497 e. The highest BCUT2D eigenvalue weighted by molar-refractivity contribution is 5.83. The molecule has 11 rings (SSSR count). The summed E-state index contributed by atoms with van der Waals surface area (Å²) in [5.74, 6) is 2.18. The van der Waals surface area contributed by atoms with Gasteiger partial charge >= 0.3 is 0 Å². The molecule has 0 N–H and O–H groups in total. The van der Waals surface area contributed by atoms with Crippen molar-refractivity contribution in [3.05, 3.63) is 232 Å². The lowest BCUT2D eigenvalue weighted by atomic mass is 9.55. The van der Waals surface area contributed by atoms with E-state index in [1.165, 1.54) is 56.9 Å². The predicted octanol–water partition coefficient (Wildman–Crippen LogP) is 14.0. The van der Waals surface area contributed by atoms with Crippen molar-refractivity contribution in [2.75, 3.05) is 4.90 Å². The van der Waals surface area contributed by atoms with E-state index in [0.29, 0.717) is 29.6 Å². The van der Waals surface area contributed by atoms with E-state index in [1.54, 1.807) is 16.7 Å². The van der Waals surface area contributed by atoms with Gasteiger partial charge in [-0.1, -0.05) is 163 Å². The van der Waals surface area contributed by atoms with E-state index in [9.17, 15) is 0 Å². The molecular weight excluding hydrogens is 675 g/mol. The van der Waals surface area contributed by atoms with Crippen LogP contribution in [0.25, 0.3) is 5.57 Å². The maximum atomic E-state index is 4.34. The molecule has 6 aliphatic carbocycles. The van der Waals surface area contributed by atoms with Crippen LogP contribution in [0.3, 0.4) is 0 Å². The third-order valence-electron chi connectivity index (χ3n) is 14.6. The average molecular weight is 724 g/mol. The molecule has 0 fully saturated rings. The molecule has 0 saturated carbocycles. The standard InChI is InChI=1S/C55H49N/c1-4-35(2)37-19-17-20-38(32-37)56-52-31-16-12-25-43(52)46-33-51(47(34-53(46)56)54-44-26-8-6-21-39(44)40-22-7-9-27-45(40)54)55(48-28-13-5-18-36(48)3)49-29-14-10-23-41(49)42-24-11-15-30-50(42)55/h4-8,10-12,14-26,29-32,34,40-41,45-46,49,54H,1-2,9,13,27-28,33H2,3H3. The van der Waals surface area contributed by atoms with Crippen molar-refractivity contribution in [2.45, 2.75) is 68.1 Å². The second-order valence-electron chi connectivity index (χ2n) is 17.1. The van der Waals surface area contributed by atoms with Crippen molar-refractivity contribution in [2.24, 2.45) is 11.8 Å². The first-order valence-corrected chi connectivity index (χ1v) is 20.9. The molecule has 56 heavy (non-hydrogen) atoms. The minimum absolute atomic E-state index is 0.237. The molecule has 1 heteroatoms. The van der Waals surface area contributed by atoms with Crippen molar-refractivity contribution < 1.29 is 0 Å². The summed E-state index contributed by atoms with van der Waals surface area (Å²) in [6.45, 7) is 10.8. The summed E-state index contributed by atoms with van der Waals surface area (Å²) in [6.07, 6.45) is 29.7. The Balaban J connectivity index is 1.25. The monoisotopic (exact) mass is 723 g/mol. The summed E-state index contributed by atoms with van der Waals surface area (Å²) >= 11 is 0. The largest absolute Gasteiger partial charge is 0.313 e. The highest BCUT2D eigenvalue weighted by atomic mass is 15.2. The quantitative estimate of drug-likeness (QED) is 0.141. The van der Waals surface area contributed by atoms with Gasteiger partial charge in [-0.3, -0.25) is 0 Å². The van der Waals surface area contributed by atoms with E-state index >= 15 is 0 Å². The van der Waals surface area contributed by atoms with Crippen molar-refractivity contribution in [1.29, 1.82) is 0 Å². The molecule has 7 aliphatic rings. The van der Waals surface area contributed by atoms with E-state index in [1.807, 2.05) is 6.08 Å². The van der Waals surface area contributed by atoms with Gasteiger partial charge in [-0.05, 0) is 114 Å². The molecule has 4 aromatic rings. The van der Waals surface area contributed by atoms with Gasteiger partial charge in [-0.15, -0.1) is 0 Å². The molecule has 0 spiro atoms. The molecule has 0 saturated heterocycles. The Morgan fingerprint density at radius 1 is 0.768 bits per heavy atom. The fourth-order valence-electron chi connectivity index (χ4n) is 12.4. The lowest BCUT2D eigenvalue weighted by Gasteiger charge is -2.47. The number of hydrogen-bond donors (Lipinski definition) is 0. The van der Waals surface area contributed by atoms with Crippen molar-refractivity contribution >= 4 is 16.9 Å². The molecule has 1 nitrogen and oxygen atoms in total. The molecule has 274 valence electrons. The zero-order chi connectivity index (χ0) is 37.5. The molecule has 1 heterocycles. The fourth-order valence-corrected chi connectivity index (χ4v) is 12.4. The second kappa shape index (κ2) is 13.0. The Labute approximate surface area is 332 Å². The molecule has 4 aromatic carbocycles. The van der Waals surface area contributed by atoms with Gasteiger partial charge in [0.25, 0.3) is 0 Å². The normalized spacial score (nSPS) is 29.0. The number of anilines is 2. The lowest BCUT2D eigenvalue weighted by molar-refractivity contribution is 0.385. The minimum Gasteiger partial charge on any atom is -0.313 e. The minimum atomic E-state index is -0.254. The molecule has 7 unspecified atom stereocenters. The summed E-state index contributed by atoms with van der Waals surface area (Å²) in [7, 11) is 0. The van der Waals surface area contributed by atoms with E-state index in [4.69, 9.17) is 0 Å². The van der Waals surface area contributed by atoms with Crippen LogP contribution in [0.5, 0.6) is 0 Å². The number of allylic oxidation sites excluding steroid dienone is 16. The Morgan fingerprint density at radius 2 is 1.55 bits per heavy atom.